The molecular formula is H2Ag2CuSn. The summed E-state index contributed by atoms with van der Waals surface area (Å²) >= 11 is 0. The normalized spacial score (nSPS) is 0. The second kappa shape index (κ2) is 17.0. The van der Waals surface area contributed by atoms with Gasteiger partial charge in [-0.1, -0.05) is 0 Å². The fraction of sp³-hybridized carbons (Fsp3) is 0. The predicted molar refractivity (Wildman–Crippen MR) is 8.54 cm³/mol. The van der Waals surface area contributed by atoms with E-state index in [-0.39, 0.29) is 85.7 Å². The minimum absolute atomic E-state index is 0. The molecule has 0 saturated heterocycles. The van der Waals surface area contributed by atoms with Gasteiger partial charge in [-0.15, -0.1) is 0 Å². The van der Waals surface area contributed by atoms with Crippen molar-refractivity contribution < 1.29 is 61.8 Å². The molecule has 39 valence electrons. The van der Waals surface area contributed by atoms with Crippen molar-refractivity contribution >= 4 is 23.9 Å². The SMILES string of the molecule is [Ag].[Ag].[Cu].[SnH2]. The first-order valence-corrected chi connectivity index (χ1v) is 0. The van der Waals surface area contributed by atoms with Crippen molar-refractivity contribution in [1.29, 1.82) is 0 Å². The summed E-state index contributed by atoms with van der Waals surface area (Å²) in [5.74, 6) is 0. The predicted octanol–water partition coefficient (Wildman–Crippen LogP) is -0.924. The van der Waals surface area contributed by atoms with Gasteiger partial charge in [0.1, 0.15) is 0 Å². The molecule has 0 aliphatic rings. The molecule has 0 amide bonds. The van der Waals surface area contributed by atoms with Crippen molar-refractivity contribution in [3.8, 4) is 0 Å². The summed E-state index contributed by atoms with van der Waals surface area (Å²) in [5, 5.41) is 0. The van der Waals surface area contributed by atoms with Gasteiger partial charge >= 0.3 is 23.9 Å². The summed E-state index contributed by atoms with van der Waals surface area (Å²) < 4.78 is 0. The van der Waals surface area contributed by atoms with Crippen molar-refractivity contribution in [1.82, 2.24) is 0 Å². The van der Waals surface area contributed by atoms with E-state index in [0.29, 0.717) is 0 Å². The van der Waals surface area contributed by atoms with Crippen LogP contribution < -0.4 is 0 Å². The van der Waals surface area contributed by atoms with Gasteiger partial charge in [-0.25, -0.2) is 0 Å². The van der Waals surface area contributed by atoms with E-state index in [9.17, 15) is 0 Å². The van der Waals surface area contributed by atoms with Crippen molar-refractivity contribution in [3.05, 3.63) is 0 Å². The van der Waals surface area contributed by atoms with Crippen LogP contribution in [0.2, 0.25) is 0 Å². The standard InChI is InChI=1S/2Ag.Cu.Sn.2H. The van der Waals surface area contributed by atoms with Crippen LogP contribution in [-0.4, -0.2) is 23.9 Å². The number of hydrogen-bond acceptors (Lipinski definition) is 0. The van der Waals surface area contributed by atoms with Gasteiger partial charge in [0.15, 0.2) is 0 Å². The molecule has 0 fully saturated rings. The van der Waals surface area contributed by atoms with Gasteiger partial charge in [0.25, 0.3) is 0 Å². The third-order valence-electron chi connectivity index (χ3n) is 0. The van der Waals surface area contributed by atoms with Gasteiger partial charge in [0.05, 0.1) is 0 Å². The molecule has 4 heteroatoms. The Bertz CT molecular complexity index is 6.00. The fourth-order valence-electron chi connectivity index (χ4n) is 0. The van der Waals surface area contributed by atoms with Crippen LogP contribution in [0.5, 0.6) is 0 Å². The maximum atomic E-state index is 0. The van der Waals surface area contributed by atoms with E-state index in [0.717, 1.165) is 0 Å². The molecule has 0 aromatic heterocycles. The van der Waals surface area contributed by atoms with Crippen LogP contribution in [-0.2, 0) is 61.8 Å². The Labute approximate surface area is 84.3 Å². The van der Waals surface area contributed by atoms with Gasteiger partial charge in [-0.05, 0) is 0 Å². The topological polar surface area (TPSA) is 0 Å². The molecule has 0 aromatic carbocycles. The quantitative estimate of drug-likeness (QED) is 0.462. The Morgan fingerprint density at radius 2 is 0.750 bits per heavy atom. The molecule has 0 heterocycles. The first-order valence-electron chi connectivity index (χ1n) is 0. The average Bonchev–Trinajstić information content (AvgIpc) is 0. The molecule has 0 saturated carbocycles. The number of hydrogen-bond donors (Lipinski definition) is 0. The summed E-state index contributed by atoms with van der Waals surface area (Å²) in [6, 6.07) is 0. The van der Waals surface area contributed by atoms with Gasteiger partial charge in [0.2, 0.25) is 0 Å². The number of rotatable bonds is 0. The van der Waals surface area contributed by atoms with Crippen LogP contribution in [0.3, 0.4) is 0 Å². The Morgan fingerprint density at radius 1 is 0.750 bits per heavy atom. The van der Waals surface area contributed by atoms with Gasteiger partial charge < -0.3 is 0 Å². The van der Waals surface area contributed by atoms with Gasteiger partial charge in [-0.3, -0.25) is 0 Å². The van der Waals surface area contributed by atoms with Crippen LogP contribution in [0.25, 0.3) is 0 Å². The van der Waals surface area contributed by atoms with Crippen molar-refractivity contribution in [3.63, 3.8) is 0 Å². The first-order chi connectivity index (χ1) is 0. The van der Waals surface area contributed by atoms with E-state index in [1.807, 2.05) is 0 Å². The Kier molecular flexibility index (Phi) is 124. The van der Waals surface area contributed by atoms with E-state index in [4.69, 9.17) is 0 Å². The van der Waals surface area contributed by atoms with Crippen molar-refractivity contribution in [2.75, 3.05) is 0 Å². The van der Waals surface area contributed by atoms with Crippen LogP contribution in [0.4, 0.5) is 0 Å². The van der Waals surface area contributed by atoms with Gasteiger partial charge in [-0.2, -0.15) is 0 Å². The molecule has 0 aliphatic heterocycles. The zero-order valence-electron chi connectivity index (χ0n) is 1.61. The molecule has 0 bridgehead atoms. The summed E-state index contributed by atoms with van der Waals surface area (Å²) in [7, 11) is 0. The molecule has 0 unspecified atom stereocenters. The Hall–Kier alpha value is 2.80. The van der Waals surface area contributed by atoms with Gasteiger partial charge in [0, 0.05) is 61.8 Å². The van der Waals surface area contributed by atoms with Crippen molar-refractivity contribution in [2.45, 2.75) is 0 Å². The molecule has 4 heavy (non-hydrogen) atoms. The molecule has 5 radical (unpaired) electrons. The third-order valence-corrected chi connectivity index (χ3v) is 0. The molecule has 0 nitrogen and oxygen atoms in total. The molecule has 0 rings (SSSR count). The van der Waals surface area contributed by atoms with Crippen LogP contribution in [0, 0.1) is 0 Å². The third kappa shape index (κ3) is 8.84. The Morgan fingerprint density at radius 3 is 0.750 bits per heavy atom. The van der Waals surface area contributed by atoms with E-state index < -0.39 is 0 Å². The fourth-order valence-corrected chi connectivity index (χ4v) is 0. The molecular weight excluding hydrogens is 398 g/mol. The summed E-state index contributed by atoms with van der Waals surface area (Å²) in [6.07, 6.45) is 0. The minimum atomic E-state index is 0. The molecule has 0 atom stereocenters. The summed E-state index contributed by atoms with van der Waals surface area (Å²) in [4.78, 5) is 0. The van der Waals surface area contributed by atoms with Crippen molar-refractivity contribution in [2.24, 2.45) is 0 Å². The summed E-state index contributed by atoms with van der Waals surface area (Å²) in [6.45, 7) is 0. The van der Waals surface area contributed by atoms with E-state index in [1.54, 1.807) is 0 Å². The monoisotopic (exact) mass is 399 g/mol. The van der Waals surface area contributed by atoms with Crippen LogP contribution >= 0.6 is 0 Å². The maximum absolute atomic E-state index is 0. The second-order valence-corrected chi connectivity index (χ2v) is 0. The molecule has 0 N–H and O–H groups in total. The van der Waals surface area contributed by atoms with E-state index in [2.05, 4.69) is 0 Å². The van der Waals surface area contributed by atoms with Crippen LogP contribution in [0.15, 0.2) is 0 Å². The molecule has 0 aromatic rings. The summed E-state index contributed by atoms with van der Waals surface area (Å²) in [5.41, 5.74) is 0. The zero-order valence-corrected chi connectivity index (χ0v) is 9.55. The second-order valence-electron chi connectivity index (χ2n) is 0. The Balaban J connectivity index is 0. The van der Waals surface area contributed by atoms with Crippen LogP contribution in [0.1, 0.15) is 0 Å². The zero-order chi connectivity index (χ0) is 0. The van der Waals surface area contributed by atoms with E-state index >= 15 is 0 Å². The first kappa shape index (κ1) is 29.2. The van der Waals surface area contributed by atoms with E-state index in [1.165, 1.54) is 0 Å². The average molecular weight is 400 g/mol. The molecule has 0 spiro atoms. The molecule has 0 aliphatic carbocycles.